The van der Waals surface area contributed by atoms with E-state index in [0.29, 0.717) is 39.0 Å². The largest absolute Gasteiger partial charge is 0.497 e. The van der Waals surface area contributed by atoms with Crippen LogP contribution in [0.5, 0.6) is 5.75 Å². The predicted molar refractivity (Wildman–Crippen MR) is 106 cm³/mol. The highest BCUT2D eigenvalue weighted by Crippen LogP contribution is 2.21. The van der Waals surface area contributed by atoms with E-state index in [1.54, 1.807) is 7.11 Å². The van der Waals surface area contributed by atoms with Crippen LogP contribution in [0.15, 0.2) is 24.3 Å². The maximum absolute atomic E-state index is 12.4. The number of hydrogen-bond acceptors (Lipinski definition) is 5. The number of nitrogens with zero attached hydrogens (tertiary/aromatic N) is 3. The van der Waals surface area contributed by atoms with Crippen LogP contribution in [0.25, 0.3) is 0 Å². The molecule has 1 aromatic rings. The lowest BCUT2D eigenvalue weighted by Crippen LogP contribution is -2.47. The SMILES string of the molecule is COc1ccc(N(C)CCNC(=O)C2CCN(S(=O)(=O)N(C)C)CC2)cc1. The fourth-order valence-electron chi connectivity index (χ4n) is 3.04. The number of amides is 1. The standard InChI is InChI=1S/C18H30N4O4S/c1-20(2)27(24,25)22-12-9-15(10-13-22)18(23)19-11-14-21(3)16-5-7-17(26-4)8-6-16/h5-8,15H,9-14H2,1-4H3,(H,19,23). The number of piperidine rings is 1. The summed E-state index contributed by atoms with van der Waals surface area (Å²) in [7, 11) is 3.25. The molecular formula is C18H30N4O4S. The molecule has 0 radical (unpaired) electrons. The summed E-state index contributed by atoms with van der Waals surface area (Å²) in [6.07, 6.45) is 1.10. The van der Waals surface area contributed by atoms with Crippen LogP contribution in [0.2, 0.25) is 0 Å². The molecule has 0 spiro atoms. The van der Waals surface area contributed by atoms with E-state index < -0.39 is 10.2 Å². The lowest BCUT2D eigenvalue weighted by atomic mass is 9.97. The zero-order valence-corrected chi connectivity index (χ0v) is 17.3. The van der Waals surface area contributed by atoms with E-state index in [2.05, 4.69) is 10.2 Å². The summed E-state index contributed by atoms with van der Waals surface area (Å²) in [6, 6.07) is 7.75. The number of carbonyl (C=O) groups is 1. The van der Waals surface area contributed by atoms with Gasteiger partial charge in [0.15, 0.2) is 0 Å². The predicted octanol–water partition coefficient (Wildman–Crippen LogP) is 0.766. The average Bonchev–Trinajstić information content (AvgIpc) is 2.67. The molecule has 1 saturated heterocycles. The molecule has 1 aromatic carbocycles. The molecule has 1 N–H and O–H groups in total. The zero-order valence-electron chi connectivity index (χ0n) is 16.5. The molecule has 1 fully saturated rings. The fraction of sp³-hybridized carbons (Fsp3) is 0.611. The van der Waals surface area contributed by atoms with Crippen LogP contribution in [0, 0.1) is 5.92 Å². The van der Waals surface area contributed by atoms with Gasteiger partial charge < -0.3 is 15.0 Å². The quantitative estimate of drug-likeness (QED) is 0.699. The first-order chi connectivity index (χ1) is 12.8. The highest BCUT2D eigenvalue weighted by molar-refractivity contribution is 7.86. The Kier molecular flexibility index (Phi) is 7.46. The van der Waals surface area contributed by atoms with Crippen molar-refractivity contribution in [1.29, 1.82) is 0 Å². The Balaban J connectivity index is 1.75. The van der Waals surface area contributed by atoms with Gasteiger partial charge >= 0.3 is 0 Å². The van der Waals surface area contributed by atoms with Crippen molar-refractivity contribution in [3.8, 4) is 5.75 Å². The highest BCUT2D eigenvalue weighted by atomic mass is 32.2. The van der Waals surface area contributed by atoms with Gasteiger partial charge in [0.1, 0.15) is 5.75 Å². The Morgan fingerprint density at radius 2 is 1.78 bits per heavy atom. The van der Waals surface area contributed by atoms with Crippen molar-refractivity contribution in [1.82, 2.24) is 13.9 Å². The van der Waals surface area contributed by atoms with E-state index in [-0.39, 0.29) is 11.8 Å². The molecule has 2 rings (SSSR count). The molecule has 1 aliphatic heterocycles. The molecule has 1 amide bonds. The van der Waals surface area contributed by atoms with Gasteiger partial charge in [-0.25, -0.2) is 0 Å². The number of likely N-dealkylation sites (N-methyl/N-ethyl adjacent to an activating group) is 1. The van der Waals surface area contributed by atoms with Crippen molar-refractivity contribution >= 4 is 21.8 Å². The number of rotatable bonds is 8. The monoisotopic (exact) mass is 398 g/mol. The molecule has 0 atom stereocenters. The van der Waals surface area contributed by atoms with Crippen LogP contribution in [-0.4, -0.2) is 77.4 Å². The molecule has 8 nitrogen and oxygen atoms in total. The molecule has 0 saturated carbocycles. The Bertz CT molecular complexity index is 713. The van der Waals surface area contributed by atoms with E-state index in [1.165, 1.54) is 22.7 Å². The Morgan fingerprint density at radius 3 is 2.30 bits per heavy atom. The Labute approximate surface area is 162 Å². The summed E-state index contributed by atoms with van der Waals surface area (Å²) < 4.78 is 32.0. The summed E-state index contributed by atoms with van der Waals surface area (Å²) in [5.41, 5.74) is 1.05. The molecule has 27 heavy (non-hydrogen) atoms. The van der Waals surface area contributed by atoms with Crippen molar-refractivity contribution < 1.29 is 17.9 Å². The van der Waals surface area contributed by atoms with Crippen LogP contribution in [-0.2, 0) is 15.0 Å². The molecule has 1 aliphatic rings. The van der Waals surface area contributed by atoms with Crippen molar-refractivity contribution in [2.24, 2.45) is 5.92 Å². The van der Waals surface area contributed by atoms with E-state index in [1.807, 2.05) is 31.3 Å². The first kappa shape index (κ1) is 21.5. The number of nitrogens with one attached hydrogen (secondary N) is 1. The summed E-state index contributed by atoms with van der Waals surface area (Å²) in [6.45, 7) is 1.98. The number of benzene rings is 1. The molecule has 0 unspecified atom stereocenters. The second-order valence-electron chi connectivity index (χ2n) is 6.87. The molecule has 0 aromatic heterocycles. The third kappa shape index (κ3) is 5.57. The lowest BCUT2D eigenvalue weighted by molar-refractivity contribution is -0.126. The lowest BCUT2D eigenvalue weighted by Gasteiger charge is -2.32. The fourth-order valence-corrected chi connectivity index (χ4v) is 4.17. The van der Waals surface area contributed by atoms with Gasteiger partial charge in [0.25, 0.3) is 10.2 Å². The number of methoxy groups -OCH3 is 1. The van der Waals surface area contributed by atoms with Crippen LogP contribution in [0.3, 0.4) is 0 Å². The van der Waals surface area contributed by atoms with Gasteiger partial charge in [-0.1, -0.05) is 0 Å². The minimum absolute atomic E-state index is 0.0000296. The molecule has 0 aliphatic carbocycles. The van der Waals surface area contributed by atoms with Crippen molar-refractivity contribution in [2.75, 3.05) is 59.3 Å². The van der Waals surface area contributed by atoms with Crippen LogP contribution in [0.4, 0.5) is 5.69 Å². The van der Waals surface area contributed by atoms with Gasteiger partial charge in [0.05, 0.1) is 7.11 Å². The number of hydrogen-bond donors (Lipinski definition) is 1. The average molecular weight is 399 g/mol. The Morgan fingerprint density at radius 1 is 1.19 bits per heavy atom. The number of ether oxygens (including phenoxy) is 1. The minimum Gasteiger partial charge on any atom is -0.497 e. The summed E-state index contributed by atoms with van der Waals surface area (Å²) in [4.78, 5) is 14.4. The van der Waals surface area contributed by atoms with Crippen LogP contribution < -0.4 is 15.0 Å². The van der Waals surface area contributed by atoms with Crippen molar-refractivity contribution in [3.05, 3.63) is 24.3 Å². The first-order valence-corrected chi connectivity index (χ1v) is 10.5. The molecule has 1 heterocycles. The van der Waals surface area contributed by atoms with Gasteiger partial charge in [-0.3, -0.25) is 4.79 Å². The van der Waals surface area contributed by atoms with E-state index in [0.717, 1.165) is 11.4 Å². The maximum atomic E-state index is 12.4. The molecule has 0 bridgehead atoms. The van der Waals surface area contributed by atoms with Gasteiger partial charge in [-0.2, -0.15) is 17.0 Å². The summed E-state index contributed by atoms with van der Waals surface area (Å²) in [5, 5.41) is 2.97. The molecule has 152 valence electrons. The van der Waals surface area contributed by atoms with Gasteiger partial charge in [0, 0.05) is 58.9 Å². The van der Waals surface area contributed by atoms with Crippen molar-refractivity contribution in [2.45, 2.75) is 12.8 Å². The van der Waals surface area contributed by atoms with Crippen LogP contribution >= 0.6 is 0 Å². The summed E-state index contributed by atoms with van der Waals surface area (Å²) in [5.74, 6) is 0.674. The van der Waals surface area contributed by atoms with E-state index >= 15 is 0 Å². The zero-order chi connectivity index (χ0) is 20.0. The molecular weight excluding hydrogens is 368 g/mol. The minimum atomic E-state index is -3.39. The maximum Gasteiger partial charge on any atom is 0.281 e. The van der Waals surface area contributed by atoms with Gasteiger partial charge in [0.2, 0.25) is 5.91 Å². The summed E-state index contributed by atoms with van der Waals surface area (Å²) >= 11 is 0. The second-order valence-corrected chi connectivity index (χ2v) is 9.02. The third-order valence-corrected chi connectivity index (χ3v) is 6.81. The normalized spacial score (nSPS) is 16.3. The Hall–Kier alpha value is -1.84. The number of carbonyl (C=O) groups excluding carboxylic acids is 1. The number of anilines is 1. The topological polar surface area (TPSA) is 82.2 Å². The second kappa shape index (κ2) is 9.38. The first-order valence-electron chi connectivity index (χ1n) is 9.06. The highest BCUT2D eigenvalue weighted by Gasteiger charge is 2.32. The van der Waals surface area contributed by atoms with Gasteiger partial charge in [-0.15, -0.1) is 0 Å². The smallest absolute Gasteiger partial charge is 0.281 e. The third-order valence-electron chi connectivity index (χ3n) is 4.87. The molecule has 9 heteroatoms. The van der Waals surface area contributed by atoms with Crippen molar-refractivity contribution in [3.63, 3.8) is 0 Å². The van der Waals surface area contributed by atoms with E-state index in [9.17, 15) is 13.2 Å². The van der Waals surface area contributed by atoms with Gasteiger partial charge in [-0.05, 0) is 37.1 Å². The van der Waals surface area contributed by atoms with E-state index in [4.69, 9.17) is 4.74 Å². The van der Waals surface area contributed by atoms with Crippen LogP contribution in [0.1, 0.15) is 12.8 Å².